The Morgan fingerprint density at radius 3 is 2.93 bits per heavy atom. The van der Waals surface area contributed by atoms with E-state index in [9.17, 15) is 8.42 Å². The summed E-state index contributed by atoms with van der Waals surface area (Å²) in [6.07, 6.45) is 2.79. The average molecular weight is 210 g/mol. The Balaban J connectivity index is 2.57. The topological polar surface area (TPSA) is 62.8 Å². The van der Waals surface area contributed by atoms with Crippen molar-refractivity contribution in [2.24, 2.45) is 0 Å². The number of hydrogen-bond donors (Lipinski definition) is 1. The fourth-order valence-electron chi connectivity index (χ4n) is 1.43. The van der Waals surface area contributed by atoms with E-state index >= 15 is 0 Å². The van der Waals surface area contributed by atoms with Crippen molar-refractivity contribution >= 4 is 20.9 Å². The van der Waals surface area contributed by atoms with Crippen molar-refractivity contribution in [2.75, 3.05) is 6.26 Å². The molecule has 2 aromatic rings. The molecule has 1 aromatic carbocycles. The summed E-state index contributed by atoms with van der Waals surface area (Å²) >= 11 is 0. The van der Waals surface area contributed by atoms with E-state index in [0.717, 1.165) is 16.6 Å². The first kappa shape index (κ1) is 9.21. The Morgan fingerprint density at radius 2 is 2.21 bits per heavy atom. The van der Waals surface area contributed by atoms with Crippen LogP contribution in [0.1, 0.15) is 5.56 Å². The van der Waals surface area contributed by atoms with Crippen LogP contribution in [0, 0.1) is 0 Å². The largest absolute Gasteiger partial charge is 0.345 e. The number of para-hydroxylation sites is 1. The van der Waals surface area contributed by atoms with E-state index < -0.39 is 9.84 Å². The minimum absolute atomic E-state index is 0.0369. The molecule has 0 fully saturated rings. The Bertz CT molecular complexity index is 557. The lowest BCUT2D eigenvalue weighted by Crippen LogP contribution is -2.01. The van der Waals surface area contributed by atoms with Crippen LogP contribution in [-0.4, -0.2) is 24.6 Å². The van der Waals surface area contributed by atoms with Gasteiger partial charge in [0.25, 0.3) is 0 Å². The van der Waals surface area contributed by atoms with Gasteiger partial charge in [-0.05, 0) is 11.6 Å². The molecular weight excluding hydrogens is 200 g/mol. The maximum atomic E-state index is 11.1. The summed E-state index contributed by atoms with van der Waals surface area (Å²) in [5.74, 6) is 0.0369. The molecule has 5 heteroatoms. The zero-order chi connectivity index (χ0) is 10.2. The van der Waals surface area contributed by atoms with Gasteiger partial charge >= 0.3 is 0 Å². The second-order valence-electron chi connectivity index (χ2n) is 3.29. The van der Waals surface area contributed by atoms with Crippen molar-refractivity contribution in [3.63, 3.8) is 0 Å². The Labute approximate surface area is 81.9 Å². The minimum Gasteiger partial charge on any atom is -0.345 e. The van der Waals surface area contributed by atoms with E-state index in [2.05, 4.69) is 9.97 Å². The normalized spacial score (nSPS) is 12.1. The smallest absolute Gasteiger partial charge is 0.151 e. The molecule has 0 bridgehead atoms. The molecule has 0 aliphatic carbocycles. The lowest BCUT2D eigenvalue weighted by atomic mass is 10.2. The molecule has 0 aliphatic heterocycles. The highest BCUT2D eigenvalue weighted by Crippen LogP contribution is 2.16. The van der Waals surface area contributed by atoms with E-state index in [1.165, 1.54) is 6.26 Å². The second kappa shape index (κ2) is 3.09. The molecule has 0 unspecified atom stereocenters. The van der Waals surface area contributed by atoms with E-state index in [0.29, 0.717) is 0 Å². The zero-order valence-electron chi connectivity index (χ0n) is 7.69. The SMILES string of the molecule is CS(=O)(=O)Cc1cccc2[nH]cnc12. The molecule has 0 saturated carbocycles. The molecule has 4 nitrogen and oxygen atoms in total. The maximum Gasteiger partial charge on any atom is 0.151 e. The van der Waals surface area contributed by atoms with Gasteiger partial charge in [0.1, 0.15) is 0 Å². The van der Waals surface area contributed by atoms with Crippen LogP contribution in [0.15, 0.2) is 24.5 Å². The lowest BCUT2D eigenvalue weighted by molar-refractivity contribution is 0.601. The van der Waals surface area contributed by atoms with Gasteiger partial charge in [-0.3, -0.25) is 0 Å². The number of nitrogens with one attached hydrogen (secondary N) is 1. The van der Waals surface area contributed by atoms with E-state index in [1.54, 1.807) is 12.4 Å². The molecular formula is C9H10N2O2S. The summed E-state index contributed by atoms with van der Waals surface area (Å²) < 4.78 is 22.3. The van der Waals surface area contributed by atoms with Gasteiger partial charge in [-0.25, -0.2) is 13.4 Å². The molecule has 1 N–H and O–H groups in total. The number of rotatable bonds is 2. The third-order valence-corrected chi connectivity index (χ3v) is 2.79. The number of hydrogen-bond acceptors (Lipinski definition) is 3. The number of H-pyrrole nitrogens is 1. The van der Waals surface area contributed by atoms with Crippen LogP contribution in [0.25, 0.3) is 11.0 Å². The molecule has 0 aliphatic rings. The number of fused-ring (bicyclic) bond motifs is 1. The molecule has 0 radical (unpaired) electrons. The van der Waals surface area contributed by atoms with E-state index in [-0.39, 0.29) is 5.75 Å². The number of aromatic amines is 1. The number of benzene rings is 1. The summed E-state index contributed by atoms with van der Waals surface area (Å²) in [5, 5.41) is 0. The highest BCUT2D eigenvalue weighted by molar-refractivity contribution is 7.89. The molecule has 0 spiro atoms. The quantitative estimate of drug-likeness (QED) is 0.807. The highest BCUT2D eigenvalue weighted by atomic mass is 32.2. The number of imidazole rings is 1. The van der Waals surface area contributed by atoms with Crippen LogP contribution in [0.3, 0.4) is 0 Å². The Morgan fingerprint density at radius 1 is 1.43 bits per heavy atom. The van der Waals surface area contributed by atoms with Gasteiger partial charge in [0.15, 0.2) is 9.84 Å². The van der Waals surface area contributed by atoms with Crippen molar-refractivity contribution in [2.45, 2.75) is 5.75 Å². The van der Waals surface area contributed by atoms with Crippen molar-refractivity contribution in [3.05, 3.63) is 30.1 Å². The van der Waals surface area contributed by atoms with Gasteiger partial charge < -0.3 is 4.98 Å². The molecule has 2 rings (SSSR count). The van der Waals surface area contributed by atoms with Crippen LogP contribution in [-0.2, 0) is 15.6 Å². The Hall–Kier alpha value is -1.36. The lowest BCUT2D eigenvalue weighted by Gasteiger charge is -1.99. The molecule has 0 amide bonds. The van der Waals surface area contributed by atoms with Gasteiger partial charge in [0.05, 0.1) is 23.1 Å². The summed E-state index contributed by atoms with van der Waals surface area (Å²) in [6.45, 7) is 0. The van der Waals surface area contributed by atoms with Crippen LogP contribution in [0.4, 0.5) is 0 Å². The third-order valence-electron chi connectivity index (χ3n) is 1.95. The van der Waals surface area contributed by atoms with Crippen molar-refractivity contribution in [1.29, 1.82) is 0 Å². The summed E-state index contributed by atoms with van der Waals surface area (Å²) in [6, 6.07) is 5.47. The summed E-state index contributed by atoms with van der Waals surface area (Å²) in [7, 11) is -3.00. The zero-order valence-corrected chi connectivity index (χ0v) is 8.50. The maximum absolute atomic E-state index is 11.1. The first-order valence-corrected chi connectivity index (χ1v) is 6.21. The fraction of sp³-hybridized carbons (Fsp3) is 0.222. The van der Waals surface area contributed by atoms with Crippen molar-refractivity contribution < 1.29 is 8.42 Å². The standard InChI is InChI=1S/C9H10N2O2S/c1-14(12,13)5-7-3-2-4-8-9(7)11-6-10-8/h2-4,6H,5H2,1H3,(H,10,11). The molecule has 1 aromatic heterocycles. The summed E-state index contributed by atoms with van der Waals surface area (Å²) in [4.78, 5) is 7.02. The predicted octanol–water partition coefficient (Wildman–Crippen LogP) is 1.11. The van der Waals surface area contributed by atoms with E-state index in [4.69, 9.17) is 0 Å². The van der Waals surface area contributed by atoms with Gasteiger partial charge in [0.2, 0.25) is 0 Å². The molecule has 0 atom stereocenters. The summed E-state index contributed by atoms with van der Waals surface area (Å²) in [5.41, 5.74) is 2.34. The molecule has 1 heterocycles. The minimum atomic E-state index is -3.00. The predicted molar refractivity (Wildman–Crippen MR) is 54.6 cm³/mol. The fourth-order valence-corrected chi connectivity index (χ4v) is 2.22. The van der Waals surface area contributed by atoms with Crippen LogP contribution in [0.5, 0.6) is 0 Å². The van der Waals surface area contributed by atoms with Crippen LogP contribution < -0.4 is 0 Å². The monoisotopic (exact) mass is 210 g/mol. The Kier molecular flexibility index (Phi) is 2.03. The van der Waals surface area contributed by atoms with Crippen LogP contribution in [0.2, 0.25) is 0 Å². The van der Waals surface area contributed by atoms with Gasteiger partial charge in [-0.15, -0.1) is 0 Å². The third kappa shape index (κ3) is 1.77. The first-order valence-electron chi connectivity index (χ1n) is 4.15. The number of sulfone groups is 1. The van der Waals surface area contributed by atoms with Crippen molar-refractivity contribution in [1.82, 2.24) is 9.97 Å². The average Bonchev–Trinajstić information content (AvgIpc) is 2.49. The second-order valence-corrected chi connectivity index (χ2v) is 5.43. The first-order chi connectivity index (χ1) is 6.56. The molecule has 0 saturated heterocycles. The molecule has 14 heavy (non-hydrogen) atoms. The van der Waals surface area contributed by atoms with Crippen LogP contribution >= 0.6 is 0 Å². The molecule has 74 valence electrons. The van der Waals surface area contributed by atoms with E-state index in [1.807, 2.05) is 12.1 Å². The van der Waals surface area contributed by atoms with Gasteiger partial charge in [0, 0.05) is 6.26 Å². The number of aromatic nitrogens is 2. The van der Waals surface area contributed by atoms with Gasteiger partial charge in [-0.2, -0.15) is 0 Å². The van der Waals surface area contributed by atoms with Crippen molar-refractivity contribution in [3.8, 4) is 0 Å². The highest BCUT2D eigenvalue weighted by Gasteiger charge is 2.08. The van der Waals surface area contributed by atoms with Gasteiger partial charge in [-0.1, -0.05) is 12.1 Å². The number of nitrogens with zero attached hydrogens (tertiary/aromatic N) is 1.